The van der Waals surface area contributed by atoms with E-state index in [0.29, 0.717) is 27.8 Å². The Balaban J connectivity index is 2.17. The van der Waals surface area contributed by atoms with Gasteiger partial charge in [0.15, 0.2) is 0 Å². The number of sulfonamides is 1. The second-order valence-corrected chi connectivity index (χ2v) is 11.8. The van der Waals surface area contributed by atoms with Gasteiger partial charge in [0.1, 0.15) is 6.04 Å². The van der Waals surface area contributed by atoms with Gasteiger partial charge in [0.2, 0.25) is 21.8 Å². The highest BCUT2D eigenvalue weighted by Crippen LogP contribution is 2.24. The number of rotatable bonds is 14. The fraction of sp³-hybridized carbons (Fsp3) is 0.481. The second kappa shape index (κ2) is 14.6. The lowest BCUT2D eigenvalue weighted by Gasteiger charge is -2.30. The first kappa shape index (κ1) is 30.9. The molecule has 0 bridgehead atoms. The Morgan fingerprint density at radius 2 is 1.70 bits per heavy atom. The molecule has 0 saturated heterocycles. The number of hydrogen-bond acceptors (Lipinski definition) is 4. The monoisotopic (exact) mass is 569 g/mol. The van der Waals surface area contributed by atoms with Gasteiger partial charge in [-0.05, 0) is 61.6 Å². The molecule has 0 radical (unpaired) electrons. The zero-order valence-corrected chi connectivity index (χ0v) is 24.3. The van der Waals surface area contributed by atoms with Gasteiger partial charge < -0.3 is 10.2 Å². The summed E-state index contributed by atoms with van der Waals surface area (Å²) < 4.78 is 26.3. The summed E-state index contributed by atoms with van der Waals surface area (Å²) in [6.45, 7) is 6.55. The molecule has 0 fully saturated rings. The third-order valence-corrected chi connectivity index (χ3v) is 7.92. The molecule has 1 atom stereocenters. The standard InChI is InChI=1S/C27H37Cl2N3O4S/c1-5-7-16-30-27(34)20(3)31(19-22-12-13-23(28)18-25(22)29)26(33)9-8-17-32(37(4,35)36)24-14-10-21(6-2)11-15-24/h10-15,18,20H,5-9,16-17,19H2,1-4H3,(H,30,34)/t20-/m0/s1. The van der Waals surface area contributed by atoms with Crippen molar-refractivity contribution in [3.63, 3.8) is 0 Å². The molecule has 204 valence electrons. The summed E-state index contributed by atoms with van der Waals surface area (Å²) in [4.78, 5) is 27.6. The van der Waals surface area contributed by atoms with E-state index in [1.165, 1.54) is 9.21 Å². The summed E-state index contributed by atoms with van der Waals surface area (Å²) in [6.07, 6.45) is 4.14. The molecule has 0 aliphatic carbocycles. The summed E-state index contributed by atoms with van der Waals surface area (Å²) in [5.74, 6) is -0.514. The van der Waals surface area contributed by atoms with Gasteiger partial charge in [0.05, 0.1) is 11.9 Å². The molecule has 2 aromatic rings. The predicted octanol–water partition coefficient (Wildman–Crippen LogP) is 5.44. The van der Waals surface area contributed by atoms with Crippen LogP contribution in [-0.4, -0.2) is 50.5 Å². The van der Waals surface area contributed by atoms with E-state index in [2.05, 4.69) is 5.32 Å². The molecule has 7 nitrogen and oxygen atoms in total. The van der Waals surface area contributed by atoms with Gasteiger partial charge in [-0.25, -0.2) is 8.42 Å². The molecule has 37 heavy (non-hydrogen) atoms. The van der Waals surface area contributed by atoms with Crippen molar-refractivity contribution in [2.75, 3.05) is 23.7 Å². The van der Waals surface area contributed by atoms with Crippen LogP contribution >= 0.6 is 23.2 Å². The first-order chi connectivity index (χ1) is 17.5. The van der Waals surface area contributed by atoms with Crippen LogP contribution in [0.25, 0.3) is 0 Å². The topological polar surface area (TPSA) is 86.8 Å². The average Bonchev–Trinajstić information content (AvgIpc) is 2.85. The molecule has 1 N–H and O–H groups in total. The fourth-order valence-electron chi connectivity index (χ4n) is 3.85. The number of nitrogens with one attached hydrogen (secondary N) is 1. The van der Waals surface area contributed by atoms with Crippen molar-refractivity contribution in [1.82, 2.24) is 10.2 Å². The summed E-state index contributed by atoms with van der Waals surface area (Å²) >= 11 is 12.4. The van der Waals surface area contributed by atoms with Crippen LogP contribution in [0.3, 0.4) is 0 Å². The summed E-state index contributed by atoms with van der Waals surface area (Å²) in [6, 6.07) is 11.6. The molecule has 2 rings (SSSR count). The van der Waals surface area contributed by atoms with Crippen LogP contribution in [0.2, 0.25) is 10.0 Å². The normalized spacial score (nSPS) is 12.2. The van der Waals surface area contributed by atoms with Crippen LogP contribution in [-0.2, 0) is 32.6 Å². The third kappa shape index (κ3) is 9.51. The van der Waals surface area contributed by atoms with Crippen LogP contribution in [0, 0.1) is 0 Å². The van der Waals surface area contributed by atoms with Crippen molar-refractivity contribution in [2.45, 2.75) is 65.5 Å². The van der Waals surface area contributed by atoms with E-state index in [1.54, 1.807) is 37.3 Å². The number of aryl methyl sites for hydroxylation is 1. The van der Waals surface area contributed by atoms with Crippen LogP contribution in [0.15, 0.2) is 42.5 Å². The maximum Gasteiger partial charge on any atom is 0.242 e. The molecule has 0 spiro atoms. The molecule has 2 amide bonds. The zero-order chi connectivity index (χ0) is 27.6. The predicted molar refractivity (Wildman–Crippen MR) is 152 cm³/mol. The third-order valence-electron chi connectivity index (χ3n) is 6.14. The Hall–Kier alpha value is -2.29. The van der Waals surface area contributed by atoms with Crippen LogP contribution in [0.4, 0.5) is 5.69 Å². The number of amides is 2. The van der Waals surface area contributed by atoms with Gasteiger partial charge in [0.25, 0.3) is 0 Å². The van der Waals surface area contributed by atoms with Gasteiger partial charge in [-0.1, -0.05) is 61.7 Å². The highest BCUT2D eigenvalue weighted by Gasteiger charge is 2.27. The lowest BCUT2D eigenvalue weighted by molar-refractivity contribution is -0.140. The van der Waals surface area contributed by atoms with Crippen LogP contribution in [0.5, 0.6) is 0 Å². The fourth-order valence-corrected chi connectivity index (χ4v) is 5.29. The Morgan fingerprint density at radius 1 is 1.03 bits per heavy atom. The van der Waals surface area contributed by atoms with E-state index in [-0.39, 0.29) is 37.7 Å². The van der Waals surface area contributed by atoms with Crippen molar-refractivity contribution < 1.29 is 18.0 Å². The molecule has 10 heteroatoms. The highest BCUT2D eigenvalue weighted by atomic mass is 35.5. The highest BCUT2D eigenvalue weighted by molar-refractivity contribution is 7.92. The molecule has 0 aliphatic heterocycles. The molecule has 0 saturated carbocycles. The molecular weight excluding hydrogens is 533 g/mol. The van der Waals surface area contributed by atoms with Gasteiger partial charge in [0, 0.05) is 36.1 Å². The molecule has 0 unspecified atom stereocenters. The lowest BCUT2D eigenvalue weighted by Crippen LogP contribution is -2.48. The maximum absolute atomic E-state index is 13.4. The van der Waals surface area contributed by atoms with Crippen molar-refractivity contribution in [2.24, 2.45) is 0 Å². The Kier molecular flexibility index (Phi) is 12.2. The summed E-state index contributed by atoms with van der Waals surface area (Å²) in [5, 5.41) is 3.76. The van der Waals surface area contributed by atoms with Gasteiger partial charge in [-0.2, -0.15) is 0 Å². The Bertz CT molecular complexity index is 1160. The smallest absolute Gasteiger partial charge is 0.242 e. The minimum Gasteiger partial charge on any atom is -0.354 e. The van der Waals surface area contributed by atoms with Crippen molar-refractivity contribution in [1.29, 1.82) is 0 Å². The number of nitrogens with zero attached hydrogens (tertiary/aromatic N) is 2. The number of carbonyl (C=O) groups is 2. The summed E-state index contributed by atoms with van der Waals surface area (Å²) in [5.41, 5.74) is 2.33. The van der Waals surface area contributed by atoms with E-state index in [9.17, 15) is 18.0 Å². The van der Waals surface area contributed by atoms with Crippen molar-refractivity contribution in [3.05, 3.63) is 63.6 Å². The van der Waals surface area contributed by atoms with E-state index >= 15 is 0 Å². The minimum atomic E-state index is -3.54. The number of benzene rings is 2. The quantitative estimate of drug-likeness (QED) is 0.307. The van der Waals surface area contributed by atoms with Gasteiger partial charge in [-0.15, -0.1) is 0 Å². The SMILES string of the molecule is CCCCNC(=O)[C@H](C)N(Cc1ccc(Cl)cc1Cl)C(=O)CCCN(c1ccc(CC)cc1)S(C)(=O)=O. The van der Waals surface area contributed by atoms with E-state index in [1.807, 2.05) is 26.0 Å². The molecule has 0 heterocycles. The van der Waals surface area contributed by atoms with E-state index < -0.39 is 16.1 Å². The first-order valence-corrected chi connectivity index (χ1v) is 15.2. The van der Waals surface area contributed by atoms with Crippen LogP contribution < -0.4 is 9.62 Å². The van der Waals surface area contributed by atoms with Gasteiger partial charge in [-0.3, -0.25) is 13.9 Å². The second-order valence-electron chi connectivity index (χ2n) is 9.04. The Labute approximate surface area is 231 Å². The van der Waals surface area contributed by atoms with Crippen molar-refractivity contribution >= 4 is 50.7 Å². The summed E-state index contributed by atoms with van der Waals surface area (Å²) in [7, 11) is -3.54. The molecule has 2 aromatic carbocycles. The van der Waals surface area contributed by atoms with Crippen LogP contribution in [0.1, 0.15) is 57.6 Å². The number of hydrogen-bond donors (Lipinski definition) is 1. The maximum atomic E-state index is 13.4. The molecular formula is C27H37Cl2N3O4S. The Morgan fingerprint density at radius 3 is 2.27 bits per heavy atom. The number of carbonyl (C=O) groups excluding carboxylic acids is 2. The average molecular weight is 571 g/mol. The number of unbranched alkanes of at least 4 members (excludes halogenated alkanes) is 1. The largest absolute Gasteiger partial charge is 0.354 e. The first-order valence-electron chi connectivity index (χ1n) is 12.6. The number of halogens is 2. The number of anilines is 1. The molecule has 0 aromatic heterocycles. The zero-order valence-electron chi connectivity index (χ0n) is 22.0. The minimum absolute atomic E-state index is 0.0663. The van der Waals surface area contributed by atoms with Crippen molar-refractivity contribution in [3.8, 4) is 0 Å². The molecule has 0 aliphatic rings. The van der Waals surface area contributed by atoms with Gasteiger partial charge >= 0.3 is 0 Å². The lowest BCUT2D eigenvalue weighted by atomic mass is 10.1. The van der Waals surface area contributed by atoms with E-state index in [4.69, 9.17) is 23.2 Å². The van der Waals surface area contributed by atoms with E-state index in [0.717, 1.165) is 31.1 Å².